The van der Waals surface area contributed by atoms with Gasteiger partial charge in [0.1, 0.15) is 22.7 Å². The number of rotatable bonds is 5. The van der Waals surface area contributed by atoms with Crippen LogP contribution in [0.25, 0.3) is 33.5 Å². The first kappa shape index (κ1) is 21.8. The van der Waals surface area contributed by atoms with Gasteiger partial charge in [-0.1, -0.05) is 18.2 Å². The average Bonchev–Trinajstić information content (AvgIpc) is 3.62. The van der Waals surface area contributed by atoms with Crippen molar-refractivity contribution < 1.29 is 9.53 Å². The number of aromatic nitrogens is 5. The number of aryl methyl sites for hydroxylation is 1. The van der Waals surface area contributed by atoms with Crippen molar-refractivity contribution >= 4 is 16.9 Å². The number of ether oxygens (including phenoxy) is 1. The fourth-order valence-corrected chi connectivity index (χ4v) is 5.75. The van der Waals surface area contributed by atoms with Gasteiger partial charge in [0.2, 0.25) is 5.91 Å². The number of pyridine rings is 1. The number of methoxy groups -OCH3 is 1. The first-order valence-electron chi connectivity index (χ1n) is 12.5. The van der Waals surface area contributed by atoms with Crippen LogP contribution < -0.4 is 10.1 Å². The van der Waals surface area contributed by atoms with E-state index in [4.69, 9.17) is 9.72 Å². The van der Waals surface area contributed by atoms with Crippen LogP contribution in [0.3, 0.4) is 0 Å². The molecule has 0 unspecified atom stereocenters. The van der Waals surface area contributed by atoms with Crippen molar-refractivity contribution in [3.8, 4) is 28.3 Å². The molecule has 2 aliphatic rings. The fraction of sp³-hybridized carbons (Fsp3) is 0.407. The summed E-state index contributed by atoms with van der Waals surface area (Å²) >= 11 is 0. The van der Waals surface area contributed by atoms with Crippen LogP contribution >= 0.6 is 0 Å². The van der Waals surface area contributed by atoms with E-state index >= 15 is 0 Å². The zero-order chi connectivity index (χ0) is 23.9. The molecule has 0 bridgehead atoms. The minimum absolute atomic E-state index is 0.0455. The Bertz CT molecular complexity index is 1400. The first-order chi connectivity index (χ1) is 17.1. The second-order valence-electron chi connectivity index (χ2n) is 9.72. The Morgan fingerprint density at radius 1 is 1.17 bits per heavy atom. The highest BCUT2D eigenvalue weighted by Gasteiger charge is 2.25. The summed E-state index contributed by atoms with van der Waals surface area (Å²) in [7, 11) is 1.69. The van der Waals surface area contributed by atoms with E-state index in [9.17, 15) is 4.79 Å². The Hall–Kier alpha value is -3.68. The third-order valence-electron chi connectivity index (χ3n) is 7.47. The number of carbonyl (C=O) groups is 1. The molecule has 3 heterocycles. The van der Waals surface area contributed by atoms with Gasteiger partial charge in [0.05, 0.1) is 24.9 Å². The smallest absolute Gasteiger partial charge is 0.217 e. The SMILES string of the molecule is COc1cc2[nH]nc(-c3cnn([C@H]4CC[C@@H](NC(C)=O)CC4)c3)c2nc1-c1cccc2c1CCC2. The molecule has 4 aromatic rings. The van der Waals surface area contributed by atoms with Gasteiger partial charge in [0.25, 0.3) is 0 Å². The highest BCUT2D eigenvalue weighted by atomic mass is 16.5. The molecule has 0 atom stereocenters. The maximum Gasteiger partial charge on any atom is 0.217 e. The monoisotopic (exact) mass is 470 g/mol. The van der Waals surface area contributed by atoms with Crippen LogP contribution in [0.2, 0.25) is 0 Å². The lowest BCUT2D eigenvalue weighted by atomic mass is 9.91. The summed E-state index contributed by atoms with van der Waals surface area (Å²) in [5.74, 6) is 0.795. The van der Waals surface area contributed by atoms with E-state index in [0.717, 1.165) is 77.8 Å². The van der Waals surface area contributed by atoms with Crippen molar-refractivity contribution in [3.05, 3.63) is 47.8 Å². The second kappa shape index (κ2) is 8.83. The Morgan fingerprint density at radius 2 is 2.03 bits per heavy atom. The van der Waals surface area contributed by atoms with Gasteiger partial charge in [-0.25, -0.2) is 4.98 Å². The van der Waals surface area contributed by atoms with Gasteiger partial charge in [-0.3, -0.25) is 14.6 Å². The van der Waals surface area contributed by atoms with Crippen LogP contribution in [0, 0.1) is 0 Å². The number of hydrogen-bond acceptors (Lipinski definition) is 5. The molecule has 2 aliphatic carbocycles. The maximum absolute atomic E-state index is 11.4. The molecular weight excluding hydrogens is 440 g/mol. The third-order valence-corrected chi connectivity index (χ3v) is 7.47. The van der Waals surface area contributed by atoms with Gasteiger partial charge in [-0.05, 0) is 56.1 Å². The van der Waals surface area contributed by atoms with E-state index in [1.54, 1.807) is 14.0 Å². The van der Waals surface area contributed by atoms with E-state index in [-0.39, 0.29) is 11.9 Å². The van der Waals surface area contributed by atoms with E-state index in [1.807, 2.05) is 16.9 Å². The van der Waals surface area contributed by atoms with E-state index in [1.165, 1.54) is 17.5 Å². The maximum atomic E-state index is 11.4. The molecule has 8 nitrogen and oxygen atoms in total. The van der Waals surface area contributed by atoms with Crippen LogP contribution in [0.5, 0.6) is 5.75 Å². The van der Waals surface area contributed by atoms with Crippen molar-refractivity contribution in [3.63, 3.8) is 0 Å². The van der Waals surface area contributed by atoms with Gasteiger partial charge in [0.15, 0.2) is 0 Å². The van der Waals surface area contributed by atoms with Gasteiger partial charge in [-0.2, -0.15) is 10.2 Å². The molecule has 6 rings (SSSR count). The number of carbonyl (C=O) groups excluding carboxylic acids is 1. The highest BCUT2D eigenvalue weighted by molar-refractivity contribution is 5.92. The van der Waals surface area contributed by atoms with Crippen molar-refractivity contribution in [2.24, 2.45) is 0 Å². The molecule has 1 fully saturated rings. The molecule has 1 aromatic carbocycles. The standard InChI is InChI=1S/C27H30N6O2/c1-16(34)29-19-9-11-20(12-10-19)33-15-18(14-28-33)25-27-23(31-32-25)13-24(35-2)26(30-27)22-8-4-6-17-5-3-7-21(17)22/h4,6,8,13-15,19-20H,3,5,7,9-12H2,1-2H3,(H,29,34)(H,31,32)/t19-,20+. The summed E-state index contributed by atoms with van der Waals surface area (Å²) in [5, 5.41) is 15.5. The normalized spacial score (nSPS) is 19.6. The van der Waals surface area contributed by atoms with Gasteiger partial charge >= 0.3 is 0 Å². The van der Waals surface area contributed by atoms with Crippen molar-refractivity contribution in [1.29, 1.82) is 0 Å². The lowest BCUT2D eigenvalue weighted by molar-refractivity contribution is -0.119. The van der Waals surface area contributed by atoms with E-state index in [2.05, 4.69) is 45.0 Å². The number of hydrogen-bond donors (Lipinski definition) is 2. The summed E-state index contributed by atoms with van der Waals surface area (Å²) in [5.41, 5.74) is 8.22. The van der Waals surface area contributed by atoms with Gasteiger partial charge in [0, 0.05) is 36.4 Å². The third kappa shape index (κ3) is 3.96. The lowest BCUT2D eigenvalue weighted by Crippen LogP contribution is -2.36. The fourth-order valence-electron chi connectivity index (χ4n) is 5.75. The lowest BCUT2D eigenvalue weighted by Gasteiger charge is -2.28. The molecule has 35 heavy (non-hydrogen) atoms. The second-order valence-corrected chi connectivity index (χ2v) is 9.72. The summed E-state index contributed by atoms with van der Waals surface area (Å²) < 4.78 is 7.80. The van der Waals surface area contributed by atoms with Crippen molar-refractivity contribution in [2.45, 2.75) is 64.0 Å². The Balaban J connectivity index is 1.33. The van der Waals surface area contributed by atoms with Gasteiger partial charge in [-0.15, -0.1) is 0 Å². The minimum atomic E-state index is 0.0455. The summed E-state index contributed by atoms with van der Waals surface area (Å²) in [4.78, 5) is 16.5. The number of aromatic amines is 1. The molecule has 3 aromatic heterocycles. The van der Waals surface area contributed by atoms with Crippen LogP contribution in [-0.2, 0) is 17.6 Å². The Morgan fingerprint density at radius 3 is 2.83 bits per heavy atom. The highest BCUT2D eigenvalue weighted by Crippen LogP contribution is 2.39. The quantitative estimate of drug-likeness (QED) is 0.444. The molecule has 1 saturated carbocycles. The molecule has 1 amide bonds. The molecule has 8 heteroatoms. The zero-order valence-electron chi connectivity index (χ0n) is 20.2. The molecule has 180 valence electrons. The van der Waals surface area contributed by atoms with E-state index < -0.39 is 0 Å². The van der Waals surface area contributed by atoms with Crippen LogP contribution in [-0.4, -0.2) is 44.0 Å². The van der Waals surface area contributed by atoms with Crippen molar-refractivity contribution in [2.75, 3.05) is 7.11 Å². The minimum Gasteiger partial charge on any atom is -0.494 e. The zero-order valence-corrected chi connectivity index (χ0v) is 20.2. The number of nitrogens with zero attached hydrogens (tertiary/aromatic N) is 4. The molecule has 0 aliphatic heterocycles. The summed E-state index contributed by atoms with van der Waals surface area (Å²) in [6.07, 6.45) is 11.2. The predicted octanol–water partition coefficient (Wildman–Crippen LogP) is 4.61. The summed E-state index contributed by atoms with van der Waals surface area (Å²) in [6.45, 7) is 1.58. The molecule has 0 spiro atoms. The molecule has 0 saturated heterocycles. The van der Waals surface area contributed by atoms with Crippen LogP contribution in [0.1, 0.15) is 56.2 Å². The molecule has 0 radical (unpaired) electrons. The number of amides is 1. The predicted molar refractivity (Wildman–Crippen MR) is 134 cm³/mol. The van der Waals surface area contributed by atoms with Gasteiger partial charge < -0.3 is 10.1 Å². The molecule has 2 N–H and O–H groups in total. The largest absolute Gasteiger partial charge is 0.494 e. The number of nitrogens with one attached hydrogen (secondary N) is 2. The van der Waals surface area contributed by atoms with Crippen LogP contribution in [0.15, 0.2) is 36.7 Å². The van der Waals surface area contributed by atoms with Crippen molar-refractivity contribution in [1.82, 2.24) is 30.3 Å². The van der Waals surface area contributed by atoms with E-state index in [0.29, 0.717) is 6.04 Å². The van der Waals surface area contributed by atoms with Crippen LogP contribution in [0.4, 0.5) is 0 Å². The number of fused-ring (bicyclic) bond motifs is 2. The molecular formula is C27H30N6O2. The Kier molecular flexibility index (Phi) is 5.51. The number of H-pyrrole nitrogens is 1. The topological polar surface area (TPSA) is 97.7 Å². The summed E-state index contributed by atoms with van der Waals surface area (Å²) in [6, 6.07) is 9.08. The average molecular weight is 471 g/mol. The number of benzene rings is 1. The Labute approximate surface area is 204 Å². The first-order valence-corrected chi connectivity index (χ1v) is 12.5.